The first-order chi connectivity index (χ1) is 7.06. The van der Waals surface area contributed by atoms with E-state index in [0.717, 1.165) is 0 Å². The van der Waals surface area contributed by atoms with Crippen molar-refractivity contribution >= 4 is 17.6 Å². The molecule has 1 aromatic rings. The van der Waals surface area contributed by atoms with E-state index < -0.39 is 12.0 Å². The van der Waals surface area contributed by atoms with Crippen LogP contribution in [0.25, 0.3) is 0 Å². The molecule has 15 heavy (non-hydrogen) atoms. The summed E-state index contributed by atoms with van der Waals surface area (Å²) in [6.07, 6.45) is 0.186. The molecule has 0 aromatic heterocycles. The first-order valence-electron chi connectivity index (χ1n) is 4.36. The first kappa shape index (κ1) is 11.8. The normalized spacial score (nSPS) is 12.2. The first-order valence-corrected chi connectivity index (χ1v) is 4.73. The monoisotopic (exact) mass is 229 g/mol. The van der Waals surface area contributed by atoms with Crippen molar-refractivity contribution in [2.75, 3.05) is 7.11 Å². The Bertz CT molecular complexity index is 368. The third-order valence-corrected chi connectivity index (χ3v) is 2.45. The van der Waals surface area contributed by atoms with E-state index in [2.05, 4.69) is 0 Å². The molecule has 0 bridgehead atoms. The number of hydrogen-bond acceptors (Lipinski definition) is 3. The standard InChI is InChI=1S/C10H12ClNO3/c1-15-8-4-2-3-6(9(8)11)5-7(12)10(13)14/h2-4,7H,5,12H2,1H3,(H,13,14). The summed E-state index contributed by atoms with van der Waals surface area (Å²) in [5.41, 5.74) is 6.08. The molecule has 1 unspecified atom stereocenters. The fourth-order valence-electron chi connectivity index (χ4n) is 1.20. The van der Waals surface area contributed by atoms with Gasteiger partial charge < -0.3 is 15.6 Å². The summed E-state index contributed by atoms with van der Waals surface area (Å²) in [7, 11) is 1.50. The van der Waals surface area contributed by atoms with Crippen LogP contribution < -0.4 is 10.5 Å². The molecular formula is C10H12ClNO3. The second-order valence-corrected chi connectivity index (χ2v) is 3.46. The third-order valence-electron chi connectivity index (χ3n) is 2.02. The zero-order chi connectivity index (χ0) is 11.4. The lowest BCUT2D eigenvalue weighted by Gasteiger charge is -2.10. The number of ether oxygens (including phenoxy) is 1. The van der Waals surface area contributed by atoms with Crippen LogP contribution in [0.2, 0.25) is 5.02 Å². The highest BCUT2D eigenvalue weighted by Crippen LogP contribution is 2.28. The molecule has 0 heterocycles. The minimum absolute atomic E-state index is 0.186. The minimum Gasteiger partial charge on any atom is -0.495 e. The quantitative estimate of drug-likeness (QED) is 0.817. The summed E-state index contributed by atoms with van der Waals surface area (Å²) < 4.78 is 5.01. The van der Waals surface area contributed by atoms with Gasteiger partial charge in [0.2, 0.25) is 0 Å². The van der Waals surface area contributed by atoms with Gasteiger partial charge >= 0.3 is 5.97 Å². The molecule has 1 atom stereocenters. The van der Waals surface area contributed by atoms with Crippen LogP contribution in [0.4, 0.5) is 0 Å². The van der Waals surface area contributed by atoms with E-state index in [9.17, 15) is 4.79 Å². The molecule has 0 aliphatic heterocycles. The van der Waals surface area contributed by atoms with E-state index in [1.54, 1.807) is 18.2 Å². The lowest BCUT2D eigenvalue weighted by molar-refractivity contribution is -0.138. The highest BCUT2D eigenvalue weighted by molar-refractivity contribution is 6.32. The molecule has 0 fully saturated rings. The summed E-state index contributed by atoms with van der Waals surface area (Å²) in [5, 5.41) is 9.07. The van der Waals surface area contributed by atoms with Crippen LogP contribution >= 0.6 is 11.6 Å². The fraction of sp³-hybridized carbons (Fsp3) is 0.300. The molecule has 3 N–H and O–H groups in total. The van der Waals surface area contributed by atoms with Crippen molar-refractivity contribution in [1.29, 1.82) is 0 Å². The van der Waals surface area contributed by atoms with E-state index >= 15 is 0 Å². The van der Waals surface area contributed by atoms with Crippen LogP contribution in [0.1, 0.15) is 5.56 Å². The van der Waals surface area contributed by atoms with Gasteiger partial charge in [-0.2, -0.15) is 0 Å². The molecule has 0 radical (unpaired) electrons. The molecule has 0 saturated carbocycles. The van der Waals surface area contributed by atoms with E-state index in [1.807, 2.05) is 0 Å². The van der Waals surface area contributed by atoms with E-state index in [-0.39, 0.29) is 6.42 Å². The van der Waals surface area contributed by atoms with Crippen molar-refractivity contribution in [2.24, 2.45) is 5.73 Å². The maximum atomic E-state index is 10.6. The Balaban J connectivity index is 2.90. The number of nitrogens with two attached hydrogens (primary N) is 1. The number of rotatable bonds is 4. The van der Waals surface area contributed by atoms with Crippen LogP contribution in [0, 0.1) is 0 Å². The van der Waals surface area contributed by atoms with Gasteiger partial charge in [-0.25, -0.2) is 0 Å². The van der Waals surface area contributed by atoms with Gasteiger partial charge in [0.05, 0.1) is 12.1 Å². The fourth-order valence-corrected chi connectivity index (χ4v) is 1.48. The molecule has 0 spiro atoms. The molecule has 82 valence electrons. The van der Waals surface area contributed by atoms with Crippen molar-refractivity contribution < 1.29 is 14.6 Å². The predicted octanol–water partition coefficient (Wildman–Crippen LogP) is 1.30. The van der Waals surface area contributed by atoms with Crippen LogP contribution in [0.3, 0.4) is 0 Å². The topological polar surface area (TPSA) is 72.5 Å². The second-order valence-electron chi connectivity index (χ2n) is 3.08. The number of carboxylic acid groups (broad SMARTS) is 1. The maximum absolute atomic E-state index is 10.6. The Morgan fingerprint density at radius 1 is 1.67 bits per heavy atom. The minimum atomic E-state index is -1.05. The number of methoxy groups -OCH3 is 1. The lowest BCUT2D eigenvalue weighted by Crippen LogP contribution is -2.32. The summed E-state index contributed by atoms with van der Waals surface area (Å²) in [6.45, 7) is 0. The largest absolute Gasteiger partial charge is 0.495 e. The SMILES string of the molecule is COc1cccc(CC(N)C(=O)O)c1Cl. The summed E-state index contributed by atoms with van der Waals surface area (Å²) in [6, 6.07) is 4.23. The van der Waals surface area contributed by atoms with Crippen LogP contribution in [-0.4, -0.2) is 24.2 Å². The molecule has 0 saturated heterocycles. The Morgan fingerprint density at radius 3 is 2.87 bits per heavy atom. The zero-order valence-corrected chi connectivity index (χ0v) is 8.99. The lowest BCUT2D eigenvalue weighted by atomic mass is 10.1. The van der Waals surface area contributed by atoms with Gasteiger partial charge in [-0.3, -0.25) is 4.79 Å². The number of halogens is 1. The van der Waals surface area contributed by atoms with E-state index in [0.29, 0.717) is 16.3 Å². The highest BCUT2D eigenvalue weighted by Gasteiger charge is 2.15. The summed E-state index contributed by atoms with van der Waals surface area (Å²) >= 11 is 5.98. The number of carboxylic acids is 1. The van der Waals surface area contributed by atoms with Crippen molar-refractivity contribution in [2.45, 2.75) is 12.5 Å². The van der Waals surface area contributed by atoms with Crippen LogP contribution in [0.15, 0.2) is 18.2 Å². The Hall–Kier alpha value is -1.26. The molecule has 1 rings (SSSR count). The van der Waals surface area contributed by atoms with Crippen LogP contribution in [-0.2, 0) is 11.2 Å². The molecule has 0 amide bonds. The maximum Gasteiger partial charge on any atom is 0.320 e. The van der Waals surface area contributed by atoms with Gasteiger partial charge in [0.1, 0.15) is 11.8 Å². The van der Waals surface area contributed by atoms with E-state index in [1.165, 1.54) is 7.11 Å². The average Bonchev–Trinajstić information content (AvgIpc) is 2.21. The average molecular weight is 230 g/mol. The Kier molecular flexibility index (Phi) is 3.94. The number of carbonyl (C=O) groups is 1. The van der Waals surface area contributed by atoms with Gasteiger partial charge in [-0.05, 0) is 18.1 Å². The van der Waals surface area contributed by atoms with Crippen molar-refractivity contribution in [3.63, 3.8) is 0 Å². The second kappa shape index (κ2) is 5.00. The van der Waals surface area contributed by atoms with Crippen LogP contribution in [0.5, 0.6) is 5.75 Å². The van der Waals surface area contributed by atoms with Gasteiger partial charge in [-0.1, -0.05) is 23.7 Å². The summed E-state index contributed by atoms with van der Waals surface area (Å²) in [4.78, 5) is 10.6. The van der Waals surface area contributed by atoms with Crippen molar-refractivity contribution in [1.82, 2.24) is 0 Å². The molecule has 4 nitrogen and oxygen atoms in total. The molecule has 1 aromatic carbocycles. The molecule has 0 aliphatic rings. The molecule has 5 heteroatoms. The number of benzene rings is 1. The number of hydrogen-bond donors (Lipinski definition) is 2. The number of aliphatic carboxylic acids is 1. The molecule has 0 aliphatic carbocycles. The highest BCUT2D eigenvalue weighted by atomic mass is 35.5. The molecular weight excluding hydrogens is 218 g/mol. The van der Waals surface area contributed by atoms with Gasteiger partial charge in [0.15, 0.2) is 0 Å². The summed E-state index contributed by atoms with van der Waals surface area (Å²) in [5.74, 6) is -0.527. The van der Waals surface area contributed by atoms with Gasteiger partial charge in [0, 0.05) is 0 Å². The van der Waals surface area contributed by atoms with Crippen molar-refractivity contribution in [3.05, 3.63) is 28.8 Å². The zero-order valence-electron chi connectivity index (χ0n) is 8.24. The van der Waals surface area contributed by atoms with Gasteiger partial charge in [0.25, 0.3) is 0 Å². The smallest absolute Gasteiger partial charge is 0.320 e. The van der Waals surface area contributed by atoms with Crippen molar-refractivity contribution in [3.8, 4) is 5.75 Å². The Morgan fingerprint density at radius 2 is 2.33 bits per heavy atom. The van der Waals surface area contributed by atoms with E-state index in [4.69, 9.17) is 27.2 Å². The van der Waals surface area contributed by atoms with Gasteiger partial charge in [-0.15, -0.1) is 0 Å². The Labute approximate surface area is 92.6 Å². The predicted molar refractivity (Wildman–Crippen MR) is 57.3 cm³/mol. The third kappa shape index (κ3) is 2.84.